The molecule has 142 valence electrons. The van der Waals surface area contributed by atoms with Crippen LogP contribution in [0.3, 0.4) is 0 Å². The van der Waals surface area contributed by atoms with Crippen molar-refractivity contribution in [2.75, 3.05) is 0 Å². The molecule has 0 saturated heterocycles. The zero-order valence-corrected chi connectivity index (χ0v) is 19.3. The van der Waals surface area contributed by atoms with E-state index in [1.165, 1.54) is 6.92 Å². The minimum absolute atomic E-state index is 0.276. The molecule has 9 heteroatoms. The first-order chi connectivity index (χ1) is 10.9. The number of rotatable bonds is 2. The van der Waals surface area contributed by atoms with E-state index in [9.17, 15) is 23.4 Å². The molecule has 2 fully saturated rings. The summed E-state index contributed by atoms with van der Waals surface area (Å²) in [5, 5.41) is 20.1. The Bertz CT molecular complexity index is 397. The van der Waals surface area contributed by atoms with Crippen LogP contribution in [0.5, 0.6) is 0 Å². The summed E-state index contributed by atoms with van der Waals surface area (Å²) in [5.74, 6) is -1.21. The summed E-state index contributed by atoms with van der Waals surface area (Å²) >= 11 is 13.4. The van der Waals surface area contributed by atoms with Gasteiger partial charge in [-0.15, -0.1) is 0 Å². The first-order valence-electron chi connectivity index (χ1n) is 7.88. The van der Waals surface area contributed by atoms with Crippen molar-refractivity contribution in [1.29, 1.82) is 0 Å². The fraction of sp³-hybridized carbons (Fsp3) is 1.00. The van der Waals surface area contributed by atoms with Crippen LogP contribution >= 0.6 is 63.7 Å². The molecule has 2 aliphatic rings. The molecule has 2 aliphatic carbocycles. The molecule has 2 saturated carbocycles. The molecular weight excluding hydrogens is 589 g/mol. The van der Waals surface area contributed by atoms with Gasteiger partial charge in [-0.05, 0) is 37.5 Å². The Morgan fingerprint density at radius 3 is 1.17 bits per heavy atom. The van der Waals surface area contributed by atoms with Gasteiger partial charge in [-0.3, -0.25) is 0 Å². The third kappa shape index (κ3) is 4.05. The zero-order chi connectivity index (χ0) is 18.4. The van der Waals surface area contributed by atoms with Crippen LogP contribution in [0, 0.1) is 17.3 Å². The van der Waals surface area contributed by atoms with Crippen molar-refractivity contribution in [3.8, 4) is 0 Å². The molecule has 0 spiro atoms. The van der Waals surface area contributed by atoms with E-state index in [2.05, 4.69) is 63.7 Å². The fourth-order valence-electron chi connectivity index (χ4n) is 4.07. The van der Waals surface area contributed by atoms with Crippen LogP contribution in [-0.2, 0) is 0 Å². The van der Waals surface area contributed by atoms with Crippen LogP contribution in [-0.4, -0.2) is 47.9 Å². The van der Waals surface area contributed by atoms with Crippen molar-refractivity contribution in [3.63, 3.8) is 0 Å². The molecular formula is C15H21Br4F3O2. The van der Waals surface area contributed by atoms with E-state index < -0.39 is 35.6 Å². The number of alkyl halides is 7. The van der Waals surface area contributed by atoms with Crippen LogP contribution in [0.1, 0.15) is 32.6 Å². The summed E-state index contributed by atoms with van der Waals surface area (Å²) in [6.07, 6.45) is -4.64. The van der Waals surface area contributed by atoms with Gasteiger partial charge in [0.05, 0.1) is 17.6 Å². The molecule has 0 bridgehead atoms. The van der Waals surface area contributed by atoms with Crippen LogP contribution in [0.2, 0.25) is 0 Å². The SMILES string of the molecule is CC(C1CC(Br)C(O)C(Br)C1)(C1CC(Br)C(O)C(Br)C1)C(F)(F)F. The predicted octanol–water partition coefficient (Wildman–Crippen LogP) is 5.15. The summed E-state index contributed by atoms with van der Waals surface area (Å²) in [6.45, 7) is 1.32. The second-order valence-electron chi connectivity index (χ2n) is 7.16. The van der Waals surface area contributed by atoms with Gasteiger partial charge >= 0.3 is 6.18 Å². The monoisotopic (exact) mass is 606 g/mol. The molecule has 0 aromatic heterocycles. The van der Waals surface area contributed by atoms with Gasteiger partial charge in [0, 0.05) is 19.3 Å². The van der Waals surface area contributed by atoms with Gasteiger partial charge in [0.2, 0.25) is 0 Å². The van der Waals surface area contributed by atoms with Gasteiger partial charge in [-0.2, -0.15) is 13.2 Å². The van der Waals surface area contributed by atoms with Crippen molar-refractivity contribution in [2.24, 2.45) is 17.3 Å². The third-order valence-corrected chi connectivity index (χ3v) is 9.49. The zero-order valence-electron chi connectivity index (χ0n) is 13.0. The van der Waals surface area contributed by atoms with Crippen molar-refractivity contribution < 1.29 is 23.4 Å². The Morgan fingerprint density at radius 1 is 0.708 bits per heavy atom. The molecule has 0 heterocycles. The topological polar surface area (TPSA) is 40.5 Å². The Balaban J connectivity index is 2.34. The molecule has 2 nitrogen and oxygen atoms in total. The molecule has 24 heavy (non-hydrogen) atoms. The van der Waals surface area contributed by atoms with E-state index in [0.29, 0.717) is 0 Å². The van der Waals surface area contributed by atoms with Gasteiger partial charge in [0.15, 0.2) is 0 Å². The second kappa shape index (κ2) is 7.94. The third-order valence-electron chi connectivity index (χ3n) is 5.83. The smallest absolute Gasteiger partial charge is 0.391 e. The maximum Gasteiger partial charge on any atom is 0.394 e. The van der Waals surface area contributed by atoms with Gasteiger partial charge in [0.1, 0.15) is 0 Å². The highest BCUT2D eigenvalue weighted by molar-refractivity contribution is 9.10. The van der Waals surface area contributed by atoms with Gasteiger partial charge in [0.25, 0.3) is 0 Å². The van der Waals surface area contributed by atoms with Crippen LogP contribution < -0.4 is 0 Å². The van der Waals surface area contributed by atoms with Crippen molar-refractivity contribution >= 4 is 63.7 Å². The number of aliphatic hydroxyl groups is 2. The van der Waals surface area contributed by atoms with Crippen molar-refractivity contribution in [3.05, 3.63) is 0 Å². The van der Waals surface area contributed by atoms with Crippen LogP contribution in [0.4, 0.5) is 13.2 Å². The molecule has 0 aromatic rings. The largest absolute Gasteiger partial charge is 0.394 e. The summed E-state index contributed by atoms with van der Waals surface area (Å²) in [7, 11) is 0. The maximum atomic E-state index is 14.2. The lowest BCUT2D eigenvalue weighted by atomic mass is 9.59. The molecule has 2 rings (SSSR count). The number of halogens is 7. The Labute approximate surface area is 173 Å². The first-order valence-corrected chi connectivity index (χ1v) is 11.5. The molecule has 4 unspecified atom stereocenters. The summed E-state index contributed by atoms with van der Waals surface area (Å²) in [4.78, 5) is -1.46. The lowest BCUT2D eigenvalue weighted by Crippen LogP contribution is -2.55. The van der Waals surface area contributed by atoms with Gasteiger partial charge < -0.3 is 10.2 Å². The summed E-state index contributed by atoms with van der Waals surface area (Å²) in [6, 6.07) is 0. The average Bonchev–Trinajstić information content (AvgIpc) is 2.47. The molecule has 2 N–H and O–H groups in total. The Hall–Kier alpha value is 1.63. The highest BCUT2D eigenvalue weighted by Crippen LogP contribution is 2.59. The standard InChI is InChI=1S/C15H21Br4F3O2/c1-14(15(20,21)22,6-2-8(16)12(23)9(17)3-6)7-4-10(18)13(24)11(19)5-7/h6-13,23-24H,2-5H2,1H3. The molecule has 4 atom stereocenters. The molecule has 0 aromatic carbocycles. The minimum Gasteiger partial charge on any atom is -0.391 e. The summed E-state index contributed by atoms with van der Waals surface area (Å²) < 4.78 is 42.6. The van der Waals surface area contributed by atoms with E-state index in [4.69, 9.17) is 0 Å². The quantitative estimate of drug-likeness (QED) is 0.426. The lowest BCUT2D eigenvalue weighted by Gasteiger charge is -2.51. The highest BCUT2D eigenvalue weighted by atomic mass is 79.9. The van der Waals surface area contributed by atoms with Crippen LogP contribution in [0.15, 0.2) is 0 Å². The number of aliphatic hydroxyl groups excluding tert-OH is 2. The van der Waals surface area contributed by atoms with E-state index >= 15 is 0 Å². The highest BCUT2D eigenvalue weighted by Gasteiger charge is 2.62. The van der Waals surface area contributed by atoms with E-state index in [0.717, 1.165) is 0 Å². The number of hydrogen-bond donors (Lipinski definition) is 2. The molecule has 0 radical (unpaired) electrons. The lowest BCUT2D eigenvalue weighted by molar-refractivity contribution is -0.264. The van der Waals surface area contributed by atoms with Crippen molar-refractivity contribution in [2.45, 2.75) is 70.3 Å². The van der Waals surface area contributed by atoms with Crippen LogP contribution in [0.25, 0.3) is 0 Å². The fourth-order valence-corrected chi connectivity index (χ4v) is 8.16. The van der Waals surface area contributed by atoms with Gasteiger partial charge in [-0.25, -0.2) is 0 Å². The van der Waals surface area contributed by atoms with Gasteiger partial charge in [-0.1, -0.05) is 70.6 Å². The average molecular weight is 610 g/mol. The molecule has 0 aliphatic heterocycles. The predicted molar refractivity (Wildman–Crippen MR) is 102 cm³/mol. The Morgan fingerprint density at radius 2 is 0.958 bits per heavy atom. The van der Waals surface area contributed by atoms with E-state index in [1.54, 1.807) is 0 Å². The van der Waals surface area contributed by atoms with E-state index in [-0.39, 0.29) is 45.0 Å². The molecule has 0 amide bonds. The Kier molecular flexibility index (Phi) is 7.25. The van der Waals surface area contributed by atoms with E-state index in [1.807, 2.05) is 0 Å². The number of hydrogen-bond acceptors (Lipinski definition) is 2. The normalized spacial score (nSPS) is 47.2. The van der Waals surface area contributed by atoms with Crippen molar-refractivity contribution in [1.82, 2.24) is 0 Å². The first kappa shape index (κ1) is 21.9. The summed E-state index contributed by atoms with van der Waals surface area (Å²) in [5.41, 5.74) is -1.87. The maximum absolute atomic E-state index is 14.2. The second-order valence-corrected chi connectivity index (χ2v) is 11.9. The minimum atomic E-state index is -4.36.